The molecule has 0 aromatic heterocycles. The summed E-state index contributed by atoms with van der Waals surface area (Å²) in [6.45, 7) is 4.47. The summed E-state index contributed by atoms with van der Waals surface area (Å²) in [5.74, 6) is -2.32. The third-order valence-electron chi connectivity index (χ3n) is 15.1. The normalized spacial score (nSPS) is 14.7. The van der Waals surface area contributed by atoms with Gasteiger partial charge in [0.2, 0.25) is 0 Å². The van der Waals surface area contributed by atoms with Gasteiger partial charge in [0.25, 0.3) is 0 Å². The van der Waals surface area contributed by atoms with Crippen LogP contribution in [0, 0.1) is 0 Å². The average molecular weight is 1420 g/mol. The third-order valence-corrected chi connectivity index (χ3v) is 17.0. The lowest BCUT2D eigenvalue weighted by Gasteiger charge is -2.21. The highest BCUT2D eigenvalue weighted by Gasteiger charge is 2.30. The summed E-state index contributed by atoms with van der Waals surface area (Å²) in [6.07, 6.45) is 77.5. The van der Waals surface area contributed by atoms with E-state index < -0.39 is 97.5 Å². The van der Waals surface area contributed by atoms with Crippen molar-refractivity contribution >= 4 is 39.5 Å². The number of ether oxygens (including phenoxy) is 4. The molecule has 5 atom stereocenters. The second-order valence-electron chi connectivity index (χ2n) is 24.5. The number of aliphatic hydroxyl groups is 1. The Hall–Kier alpha value is -4.80. The van der Waals surface area contributed by atoms with Crippen molar-refractivity contribution in [2.75, 3.05) is 39.6 Å². The van der Waals surface area contributed by atoms with Gasteiger partial charge in [0.1, 0.15) is 19.3 Å². The first-order chi connectivity index (χ1) is 47.7. The van der Waals surface area contributed by atoms with Crippen molar-refractivity contribution in [2.45, 2.75) is 303 Å². The van der Waals surface area contributed by atoms with Crippen LogP contribution in [-0.4, -0.2) is 96.7 Å². The molecule has 19 heteroatoms. The minimum Gasteiger partial charge on any atom is -0.462 e. The molecule has 98 heavy (non-hydrogen) atoms. The lowest BCUT2D eigenvalue weighted by Crippen LogP contribution is -2.30. The molecule has 0 amide bonds. The second kappa shape index (κ2) is 70.6. The molecule has 0 aliphatic heterocycles. The van der Waals surface area contributed by atoms with Gasteiger partial charge in [-0.05, 0) is 128 Å². The Morgan fingerprint density at radius 3 is 0.867 bits per heavy atom. The average Bonchev–Trinajstić information content (AvgIpc) is 0.973. The first kappa shape index (κ1) is 93.2. The number of carbonyl (C=O) groups is 4. The maximum atomic E-state index is 13.1. The molecule has 0 spiro atoms. The number of unbranched alkanes of at least 4 members (excludes halogenated alkanes) is 21. The summed E-state index contributed by atoms with van der Waals surface area (Å²) in [7, 11) is -9.98. The number of rotatable bonds is 69. The van der Waals surface area contributed by atoms with Gasteiger partial charge in [-0.1, -0.05) is 264 Å². The summed E-state index contributed by atoms with van der Waals surface area (Å²) in [4.78, 5) is 72.7. The van der Waals surface area contributed by atoms with E-state index in [1.54, 1.807) is 0 Å². The molecular weight excluding hydrogens is 1280 g/mol. The number of hydrogen-bond donors (Lipinski definition) is 3. The zero-order chi connectivity index (χ0) is 71.8. The Bertz CT molecular complexity index is 2380. The fourth-order valence-corrected chi connectivity index (χ4v) is 11.0. The number of allylic oxidation sites excluding steroid dienone is 22. The van der Waals surface area contributed by atoms with Crippen LogP contribution in [0.2, 0.25) is 0 Å². The minimum atomic E-state index is -4.99. The van der Waals surface area contributed by atoms with Gasteiger partial charge in [-0.15, -0.1) is 0 Å². The van der Waals surface area contributed by atoms with E-state index in [0.29, 0.717) is 38.5 Å². The maximum Gasteiger partial charge on any atom is 0.472 e. The van der Waals surface area contributed by atoms with Crippen LogP contribution in [-0.2, 0) is 65.4 Å². The van der Waals surface area contributed by atoms with E-state index >= 15 is 0 Å². The number of carbonyl (C=O) groups excluding carboxylic acids is 4. The third kappa shape index (κ3) is 69.7. The van der Waals surface area contributed by atoms with Crippen molar-refractivity contribution in [1.82, 2.24) is 0 Å². The van der Waals surface area contributed by atoms with Crippen molar-refractivity contribution in [3.63, 3.8) is 0 Å². The van der Waals surface area contributed by atoms with Gasteiger partial charge in [-0.25, -0.2) is 9.13 Å². The van der Waals surface area contributed by atoms with E-state index in [4.69, 9.17) is 37.0 Å². The molecule has 0 aromatic rings. The van der Waals surface area contributed by atoms with Crippen LogP contribution in [0.3, 0.4) is 0 Å². The Kier molecular flexibility index (Phi) is 67.2. The van der Waals surface area contributed by atoms with Crippen molar-refractivity contribution < 1.29 is 80.2 Å². The summed E-state index contributed by atoms with van der Waals surface area (Å²) in [5.41, 5.74) is 0. The molecule has 0 saturated carbocycles. The Balaban J connectivity index is 5.42. The van der Waals surface area contributed by atoms with Crippen molar-refractivity contribution in [2.24, 2.45) is 0 Å². The molecule has 0 radical (unpaired) electrons. The van der Waals surface area contributed by atoms with E-state index in [1.165, 1.54) is 64.2 Å². The van der Waals surface area contributed by atoms with E-state index in [1.807, 2.05) is 24.3 Å². The zero-order valence-electron chi connectivity index (χ0n) is 60.9. The highest BCUT2D eigenvalue weighted by Crippen LogP contribution is 2.45. The molecule has 0 rings (SSSR count). The lowest BCUT2D eigenvalue weighted by molar-refractivity contribution is -0.161. The van der Waals surface area contributed by atoms with Crippen LogP contribution in [0.1, 0.15) is 285 Å². The standard InChI is InChI=1S/C79H132O17P2/c1-5-9-13-17-21-25-29-32-34-36-38-41-44-47-51-55-59-63-76(81)89-69-74(95-78(83)65-61-57-53-49-43-28-24-20-16-12-8-4)71-93-97(85,86)91-67-73(80)68-92-98(87,88)94-72-75(96-79(84)66-62-58-54-50-46-40-31-27-23-19-15-11-7-3)70-90-77(82)64-60-56-52-48-45-42-39-37-35-33-30-26-22-18-14-10-6-2/h9-10,13-14,21-22,25-27,31-35,38-39,41-42,47-48,51-52,73-75,80H,5-8,11-12,15-20,23-24,28-30,36-37,40,43-46,49-50,53-72H2,1-4H3,(H,85,86)(H,87,88)/b13-9-,14-10-,25-21-,26-22-,31-27-,34-32-,35-33-,41-38-,42-39-,51-47-,52-48-. The first-order valence-corrected chi connectivity index (χ1v) is 40.4. The largest absolute Gasteiger partial charge is 0.472 e. The van der Waals surface area contributed by atoms with E-state index in [2.05, 4.69) is 137 Å². The molecular formula is C79H132O17P2. The van der Waals surface area contributed by atoms with E-state index in [9.17, 15) is 43.2 Å². The number of hydrogen-bond acceptors (Lipinski definition) is 15. The minimum absolute atomic E-state index is 0.0689. The molecule has 17 nitrogen and oxygen atoms in total. The predicted molar refractivity (Wildman–Crippen MR) is 399 cm³/mol. The van der Waals surface area contributed by atoms with Crippen LogP contribution in [0.5, 0.6) is 0 Å². The van der Waals surface area contributed by atoms with Gasteiger partial charge in [0, 0.05) is 25.7 Å². The molecule has 0 aromatic carbocycles. The smallest absolute Gasteiger partial charge is 0.462 e. The fourth-order valence-electron chi connectivity index (χ4n) is 9.46. The Morgan fingerprint density at radius 1 is 0.296 bits per heavy atom. The summed E-state index contributed by atoms with van der Waals surface area (Å²) < 4.78 is 68.3. The molecule has 5 unspecified atom stereocenters. The number of phosphoric ester groups is 2. The molecule has 0 saturated heterocycles. The van der Waals surface area contributed by atoms with Gasteiger partial charge in [0.05, 0.1) is 26.4 Å². The van der Waals surface area contributed by atoms with Gasteiger partial charge in [-0.2, -0.15) is 0 Å². The van der Waals surface area contributed by atoms with Crippen molar-refractivity contribution in [1.29, 1.82) is 0 Å². The second-order valence-corrected chi connectivity index (χ2v) is 27.4. The maximum absolute atomic E-state index is 13.1. The molecule has 0 aliphatic rings. The molecule has 0 fully saturated rings. The monoisotopic (exact) mass is 1410 g/mol. The molecule has 3 N–H and O–H groups in total. The number of aliphatic hydroxyl groups excluding tert-OH is 1. The summed E-state index contributed by atoms with van der Waals surface area (Å²) >= 11 is 0. The van der Waals surface area contributed by atoms with Gasteiger partial charge in [0.15, 0.2) is 12.2 Å². The van der Waals surface area contributed by atoms with Gasteiger partial charge >= 0.3 is 39.5 Å². The van der Waals surface area contributed by atoms with Crippen LogP contribution >= 0.6 is 15.6 Å². The molecule has 560 valence electrons. The van der Waals surface area contributed by atoms with Crippen molar-refractivity contribution in [3.8, 4) is 0 Å². The van der Waals surface area contributed by atoms with Crippen LogP contribution in [0.25, 0.3) is 0 Å². The highest BCUT2D eigenvalue weighted by atomic mass is 31.2. The van der Waals surface area contributed by atoms with Crippen LogP contribution < -0.4 is 0 Å². The lowest BCUT2D eigenvalue weighted by atomic mass is 10.1. The highest BCUT2D eigenvalue weighted by molar-refractivity contribution is 7.47. The van der Waals surface area contributed by atoms with E-state index in [-0.39, 0.29) is 25.7 Å². The zero-order valence-corrected chi connectivity index (χ0v) is 62.7. The number of phosphoric acid groups is 2. The van der Waals surface area contributed by atoms with Crippen LogP contribution in [0.4, 0.5) is 0 Å². The van der Waals surface area contributed by atoms with Gasteiger partial charge in [-0.3, -0.25) is 37.3 Å². The van der Waals surface area contributed by atoms with Gasteiger partial charge < -0.3 is 33.8 Å². The fraction of sp³-hybridized carbons (Fsp3) is 0.671. The van der Waals surface area contributed by atoms with E-state index in [0.717, 1.165) is 128 Å². The van der Waals surface area contributed by atoms with Crippen LogP contribution in [0.15, 0.2) is 134 Å². The molecule has 0 aliphatic carbocycles. The molecule has 0 heterocycles. The van der Waals surface area contributed by atoms with Crippen molar-refractivity contribution in [3.05, 3.63) is 134 Å². The summed E-state index contributed by atoms with van der Waals surface area (Å²) in [6, 6.07) is 0. The number of esters is 4. The molecule has 0 bridgehead atoms. The quantitative estimate of drug-likeness (QED) is 0.0169. The Labute approximate surface area is 593 Å². The first-order valence-electron chi connectivity index (χ1n) is 37.4. The Morgan fingerprint density at radius 2 is 0.541 bits per heavy atom. The predicted octanol–water partition coefficient (Wildman–Crippen LogP) is 21.3. The topological polar surface area (TPSA) is 237 Å². The summed E-state index contributed by atoms with van der Waals surface area (Å²) in [5, 5.41) is 10.6. The SMILES string of the molecule is CC/C=C\C/C=C\C/C=C\C/C=C\C/C=C\CCCC(=O)OCC(COP(=O)(O)OCC(O)COP(=O)(O)OCC(COC(=O)CCC/C=C\C/C=C\C/C=C\C/C=C\C/C=C\CC)OC(=O)CCCCCCCCCCCCC)OC(=O)CCCCCCC/C=C\CCCCCC.